The zero-order chi connectivity index (χ0) is 14.0. The van der Waals surface area contributed by atoms with Crippen LogP contribution >= 0.6 is 15.9 Å². The predicted octanol–water partition coefficient (Wildman–Crippen LogP) is 3.27. The van der Waals surface area contributed by atoms with E-state index in [1.165, 1.54) is 12.1 Å². The number of carbonyl (C=O) groups is 1. The smallest absolute Gasteiger partial charge is 0.309 e. The van der Waals surface area contributed by atoms with Crippen LogP contribution in [0.25, 0.3) is 0 Å². The number of rotatable bonds is 3. The third kappa shape index (κ3) is 3.54. The quantitative estimate of drug-likeness (QED) is 0.925. The van der Waals surface area contributed by atoms with E-state index in [1.807, 2.05) is 6.07 Å². The summed E-state index contributed by atoms with van der Waals surface area (Å²) in [6.07, 6.45) is 1.28. The number of benzene rings is 1. The van der Waals surface area contributed by atoms with Crippen LogP contribution in [-0.4, -0.2) is 29.1 Å². The first kappa shape index (κ1) is 14.5. The predicted molar refractivity (Wildman–Crippen MR) is 74.4 cm³/mol. The molecule has 0 bridgehead atoms. The van der Waals surface area contributed by atoms with Gasteiger partial charge in [0.05, 0.1) is 5.41 Å². The average molecular weight is 330 g/mol. The number of hydrogen-bond acceptors (Lipinski definition) is 2. The summed E-state index contributed by atoms with van der Waals surface area (Å²) >= 11 is 3.28. The SMILES string of the molecule is CC1(C(=O)O)CCN(Cc2cc(F)cc(Br)c2)CC1. The lowest BCUT2D eigenvalue weighted by molar-refractivity contribution is -0.150. The van der Waals surface area contributed by atoms with Crippen molar-refractivity contribution in [2.75, 3.05) is 13.1 Å². The third-order valence-electron chi connectivity index (χ3n) is 3.80. The molecule has 1 aliphatic rings. The van der Waals surface area contributed by atoms with Crippen molar-refractivity contribution in [2.24, 2.45) is 5.41 Å². The molecule has 1 saturated heterocycles. The van der Waals surface area contributed by atoms with Gasteiger partial charge in [-0.1, -0.05) is 15.9 Å². The Bertz CT molecular complexity index is 464. The van der Waals surface area contributed by atoms with E-state index in [-0.39, 0.29) is 5.82 Å². The highest BCUT2D eigenvalue weighted by atomic mass is 79.9. The topological polar surface area (TPSA) is 40.5 Å². The van der Waals surface area contributed by atoms with Crippen molar-refractivity contribution in [3.8, 4) is 0 Å². The van der Waals surface area contributed by atoms with Crippen LogP contribution in [0.5, 0.6) is 0 Å². The minimum absolute atomic E-state index is 0.253. The van der Waals surface area contributed by atoms with Gasteiger partial charge in [0.15, 0.2) is 0 Å². The van der Waals surface area contributed by atoms with Crippen LogP contribution in [0.15, 0.2) is 22.7 Å². The molecule has 1 N–H and O–H groups in total. The van der Waals surface area contributed by atoms with Crippen LogP contribution in [-0.2, 0) is 11.3 Å². The lowest BCUT2D eigenvalue weighted by atomic mass is 9.80. The molecule has 5 heteroatoms. The Labute approximate surface area is 120 Å². The molecule has 19 heavy (non-hydrogen) atoms. The Morgan fingerprint density at radius 3 is 2.58 bits per heavy atom. The number of halogens is 2. The fourth-order valence-corrected chi connectivity index (χ4v) is 2.89. The zero-order valence-electron chi connectivity index (χ0n) is 10.8. The maximum atomic E-state index is 13.3. The largest absolute Gasteiger partial charge is 0.481 e. The van der Waals surface area contributed by atoms with Gasteiger partial charge < -0.3 is 5.11 Å². The minimum atomic E-state index is -0.722. The summed E-state index contributed by atoms with van der Waals surface area (Å²) in [5.41, 5.74) is 0.296. The Hall–Kier alpha value is -0.940. The molecule has 0 amide bonds. The average Bonchev–Trinajstić information content (AvgIpc) is 2.31. The summed E-state index contributed by atoms with van der Waals surface area (Å²) in [6.45, 7) is 3.92. The first-order valence-corrected chi connectivity index (χ1v) is 7.09. The molecule has 104 valence electrons. The lowest BCUT2D eigenvalue weighted by Gasteiger charge is -2.36. The molecule has 0 unspecified atom stereocenters. The second-order valence-electron chi connectivity index (χ2n) is 5.42. The number of carboxylic acid groups (broad SMARTS) is 1. The van der Waals surface area contributed by atoms with E-state index in [9.17, 15) is 14.3 Å². The second kappa shape index (κ2) is 5.59. The maximum absolute atomic E-state index is 13.3. The standard InChI is InChI=1S/C14H17BrFNO2/c1-14(13(18)19)2-4-17(5-3-14)9-10-6-11(15)8-12(16)7-10/h6-8H,2-5,9H2,1H3,(H,18,19). The molecule has 1 fully saturated rings. The summed E-state index contributed by atoms with van der Waals surface area (Å²) in [4.78, 5) is 13.3. The molecule has 0 atom stereocenters. The van der Waals surface area contributed by atoms with Gasteiger partial charge >= 0.3 is 5.97 Å². The summed E-state index contributed by atoms with van der Waals surface area (Å²) in [7, 11) is 0. The van der Waals surface area contributed by atoms with Crippen LogP contribution in [0.2, 0.25) is 0 Å². The van der Waals surface area contributed by atoms with Gasteiger partial charge in [0, 0.05) is 11.0 Å². The summed E-state index contributed by atoms with van der Waals surface area (Å²) in [6, 6.07) is 4.85. The summed E-state index contributed by atoms with van der Waals surface area (Å²) in [5, 5.41) is 9.17. The first-order chi connectivity index (χ1) is 8.89. The number of aliphatic carboxylic acids is 1. The molecule has 0 aliphatic carbocycles. The number of carboxylic acids is 1. The van der Waals surface area contributed by atoms with Crippen molar-refractivity contribution in [1.29, 1.82) is 0 Å². The molecule has 0 saturated carbocycles. The third-order valence-corrected chi connectivity index (χ3v) is 4.26. The van der Waals surface area contributed by atoms with Gasteiger partial charge in [-0.2, -0.15) is 0 Å². The van der Waals surface area contributed by atoms with E-state index >= 15 is 0 Å². The van der Waals surface area contributed by atoms with Gasteiger partial charge in [-0.25, -0.2) is 4.39 Å². The van der Waals surface area contributed by atoms with Crippen molar-refractivity contribution in [3.05, 3.63) is 34.1 Å². The minimum Gasteiger partial charge on any atom is -0.481 e. The fourth-order valence-electron chi connectivity index (χ4n) is 2.38. The normalized spacial score (nSPS) is 19.3. The van der Waals surface area contributed by atoms with E-state index in [0.717, 1.165) is 23.1 Å². The number of piperidine rings is 1. The Balaban J connectivity index is 1.97. The molecular formula is C14H17BrFNO2. The molecule has 0 spiro atoms. The van der Waals surface area contributed by atoms with Gasteiger partial charge in [-0.15, -0.1) is 0 Å². The van der Waals surface area contributed by atoms with Crippen LogP contribution < -0.4 is 0 Å². The number of likely N-dealkylation sites (tertiary alicyclic amines) is 1. The van der Waals surface area contributed by atoms with Crippen molar-refractivity contribution in [2.45, 2.75) is 26.3 Å². The molecule has 1 aliphatic heterocycles. The van der Waals surface area contributed by atoms with Gasteiger partial charge in [0.2, 0.25) is 0 Å². The Kier molecular flexibility index (Phi) is 4.26. The summed E-state index contributed by atoms with van der Waals surface area (Å²) in [5.74, 6) is -0.975. The van der Waals surface area contributed by atoms with Crippen LogP contribution in [0, 0.1) is 11.2 Å². The Morgan fingerprint density at radius 1 is 1.42 bits per heavy atom. The van der Waals surface area contributed by atoms with Crippen molar-refractivity contribution in [3.63, 3.8) is 0 Å². The Morgan fingerprint density at radius 2 is 2.05 bits per heavy atom. The monoisotopic (exact) mass is 329 g/mol. The van der Waals surface area contributed by atoms with Crippen LogP contribution in [0.3, 0.4) is 0 Å². The van der Waals surface area contributed by atoms with Crippen LogP contribution in [0.4, 0.5) is 4.39 Å². The first-order valence-electron chi connectivity index (χ1n) is 6.30. The maximum Gasteiger partial charge on any atom is 0.309 e. The van der Waals surface area contributed by atoms with Crippen molar-refractivity contribution >= 4 is 21.9 Å². The summed E-state index contributed by atoms with van der Waals surface area (Å²) < 4.78 is 14.0. The van der Waals surface area contributed by atoms with Gasteiger partial charge in [-0.3, -0.25) is 9.69 Å². The highest BCUT2D eigenvalue weighted by molar-refractivity contribution is 9.10. The molecule has 1 aromatic rings. The highest BCUT2D eigenvalue weighted by Crippen LogP contribution is 2.31. The fraction of sp³-hybridized carbons (Fsp3) is 0.500. The van der Waals surface area contributed by atoms with Gasteiger partial charge in [0.25, 0.3) is 0 Å². The molecule has 1 aromatic carbocycles. The van der Waals surface area contributed by atoms with Crippen molar-refractivity contribution < 1.29 is 14.3 Å². The number of nitrogens with zero attached hydrogens (tertiary/aromatic N) is 1. The lowest BCUT2D eigenvalue weighted by Crippen LogP contribution is -2.42. The number of hydrogen-bond donors (Lipinski definition) is 1. The van der Waals surface area contributed by atoms with E-state index in [0.29, 0.717) is 19.4 Å². The van der Waals surface area contributed by atoms with E-state index in [4.69, 9.17) is 0 Å². The van der Waals surface area contributed by atoms with Crippen molar-refractivity contribution in [1.82, 2.24) is 4.90 Å². The molecule has 1 heterocycles. The van der Waals surface area contributed by atoms with Crippen LogP contribution in [0.1, 0.15) is 25.3 Å². The molecule has 0 radical (unpaired) electrons. The molecule has 2 rings (SSSR count). The molecular weight excluding hydrogens is 313 g/mol. The second-order valence-corrected chi connectivity index (χ2v) is 6.34. The van der Waals surface area contributed by atoms with Gasteiger partial charge in [-0.05, 0) is 56.6 Å². The van der Waals surface area contributed by atoms with E-state index < -0.39 is 11.4 Å². The highest BCUT2D eigenvalue weighted by Gasteiger charge is 2.36. The zero-order valence-corrected chi connectivity index (χ0v) is 12.4. The molecule has 0 aromatic heterocycles. The molecule has 3 nitrogen and oxygen atoms in total. The van der Waals surface area contributed by atoms with E-state index in [2.05, 4.69) is 20.8 Å². The van der Waals surface area contributed by atoms with E-state index in [1.54, 1.807) is 6.92 Å². The van der Waals surface area contributed by atoms with Gasteiger partial charge in [0.1, 0.15) is 5.82 Å².